The maximum absolute atomic E-state index is 5.41. The van der Waals surface area contributed by atoms with E-state index < -0.39 is 0 Å². The normalized spacial score (nSPS) is 11.4. The lowest BCUT2D eigenvalue weighted by molar-refractivity contribution is 0.0713. The van der Waals surface area contributed by atoms with Crippen LogP contribution in [0.25, 0.3) is 0 Å². The Labute approximate surface area is 124 Å². The van der Waals surface area contributed by atoms with E-state index >= 15 is 0 Å². The Hall–Kier alpha value is -0.700. The topological polar surface area (TPSA) is 74.1 Å². The molecule has 0 aliphatic rings. The highest BCUT2D eigenvalue weighted by molar-refractivity contribution is 7.99. The largest absolute Gasteiger partial charge is 0.382 e. The molecule has 1 aromatic heterocycles. The first-order chi connectivity index (χ1) is 9.74. The quantitative estimate of drug-likeness (QED) is 0.452. The van der Waals surface area contributed by atoms with Gasteiger partial charge in [0.05, 0.1) is 19.8 Å². The first-order valence-electron chi connectivity index (χ1n) is 6.93. The fourth-order valence-electron chi connectivity index (χ4n) is 1.47. The molecule has 0 spiro atoms. The molecule has 0 aromatic carbocycles. The molecule has 0 saturated carbocycles. The number of hydrogen-bond donors (Lipinski definition) is 1. The van der Waals surface area contributed by atoms with Gasteiger partial charge in [-0.15, -0.1) is 5.10 Å². The number of hydrogen-bond acceptors (Lipinski definition) is 7. The predicted octanol–water partition coefficient (Wildman–Crippen LogP) is 0.816. The smallest absolute Gasteiger partial charge is 0.209 e. The van der Waals surface area contributed by atoms with Crippen molar-refractivity contribution in [3.63, 3.8) is 0 Å². The van der Waals surface area contributed by atoms with Crippen LogP contribution in [0.2, 0.25) is 0 Å². The summed E-state index contributed by atoms with van der Waals surface area (Å²) < 4.78 is 12.2. The Morgan fingerprint density at radius 2 is 2.15 bits per heavy atom. The molecule has 0 aliphatic carbocycles. The molecule has 1 N–H and O–H groups in total. The number of nitrogens with zero attached hydrogens (tertiary/aromatic N) is 4. The molecular weight excluding hydrogens is 278 g/mol. The van der Waals surface area contributed by atoms with Crippen molar-refractivity contribution in [2.75, 3.05) is 39.2 Å². The maximum Gasteiger partial charge on any atom is 0.209 e. The van der Waals surface area contributed by atoms with Gasteiger partial charge in [0.25, 0.3) is 0 Å². The summed E-state index contributed by atoms with van der Waals surface area (Å²) in [5, 5.41) is 16.0. The van der Waals surface area contributed by atoms with Crippen molar-refractivity contribution in [1.29, 1.82) is 0 Å². The highest BCUT2D eigenvalue weighted by atomic mass is 32.2. The van der Waals surface area contributed by atoms with Crippen LogP contribution in [-0.2, 0) is 16.0 Å². The molecular formula is C12H25N5O2S. The number of nitrogens with one attached hydrogen (secondary N) is 1. The molecule has 0 amide bonds. The minimum atomic E-state index is 0.479. The summed E-state index contributed by atoms with van der Waals surface area (Å²) in [6.07, 6.45) is 0.978. The third kappa shape index (κ3) is 7.78. The van der Waals surface area contributed by atoms with Crippen molar-refractivity contribution in [2.45, 2.75) is 38.0 Å². The first-order valence-corrected chi connectivity index (χ1v) is 7.91. The Kier molecular flexibility index (Phi) is 9.56. The third-order valence-corrected chi connectivity index (χ3v) is 3.51. The minimum Gasteiger partial charge on any atom is -0.382 e. The predicted molar refractivity (Wildman–Crippen MR) is 79.0 cm³/mol. The highest BCUT2D eigenvalue weighted by Gasteiger charge is 2.06. The lowest BCUT2D eigenvalue weighted by Crippen LogP contribution is -2.27. The van der Waals surface area contributed by atoms with Crippen molar-refractivity contribution in [3.05, 3.63) is 0 Å². The van der Waals surface area contributed by atoms with Crippen LogP contribution in [0, 0.1) is 0 Å². The van der Waals surface area contributed by atoms with E-state index in [1.54, 1.807) is 18.9 Å². The Bertz CT molecular complexity index is 348. The van der Waals surface area contributed by atoms with Gasteiger partial charge in [-0.3, -0.25) is 0 Å². The van der Waals surface area contributed by atoms with Crippen LogP contribution in [0.4, 0.5) is 0 Å². The van der Waals surface area contributed by atoms with Crippen LogP contribution in [0.1, 0.15) is 20.3 Å². The molecule has 116 valence electrons. The first kappa shape index (κ1) is 17.4. The fourth-order valence-corrected chi connectivity index (χ4v) is 2.28. The lowest BCUT2D eigenvalue weighted by atomic mass is 10.4. The molecule has 0 aliphatic heterocycles. The summed E-state index contributed by atoms with van der Waals surface area (Å²) in [6, 6.07) is 0.479. The zero-order chi connectivity index (χ0) is 14.6. The van der Waals surface area contributed by atoms with Crippen molar-refractivity contribution in [3.8, 4) is 0 Å². The van der Waals surface area contributed by atoms with Crippen molar-refractivity contribution < 1.29 is 9.47 Å². The minimum absolute atomic E-state index is 0.479. The van der Waals surface area contributed by atoms with Gasteiger partial charge in [0.2, 0.25) is 5.16 Å². The fraction of sp³-hybridized carbons (Fsp3) is 0.917. The molecule has 7 nitrogen and oxygen atoms in total. The van der Waals surface area contributed by atoms with Gasteiger partial charge in [-0.25, -0.2) is 4.68 Å². The van der Waals surface area contributed by atoms with Gasteiger partial charge in [-0.1, -0.05) is 25.6 Å². The molecule has 0 atom stereocenters. The number of ether oxygens (including phenoxy) is 2. The summed E-state index contributed by atoms with van der Waals surface area (Å²) in [4.78, 5) is 0. The van der Waals surface area contributed by atoms with Gasteiger partial charge in [0.15, 0.2) is 0 Å². The molecule has 20 heavy (non-hydrogen) atoms. The Morgan fingerprint density at radius 3 is 2.90 bits per heavy atom. The number of thioether (sulfide) groups is 1. The number of methoxy groups -OCH3 is 1. The highest BCUT2D eigenvalue weighted by Crippen LogP contribution is 2.14. The second-order valence-corrected chi connectivity index (χ2v) is 5.66. The van der Waals surface area contributed by atoms with E-state index in [-0.39, 0.29) is 0 Å². The van der Waals surface area contributed by atoms with Gasteiger partial charge < -0.3 is 14.8 Å². The molecule has 0 unspecified atom stereocenters. The van der Waals surface area contributed by atoms with Crippen molar-refractivity contribution in [2.24, 2.45) is 0 Å². The summed E-state index contributed by atoms with van der Waals surface area (Å²) in [7, 11) is 1.67. The standard InChI is InChI=1S/C12H25N5O2S/c1-11(2)13-5-6-17-12(14-15-16-17)20-10-4-7-19-9-8-18-3/h11,13H,4-10H2,1-3H3. The summed E-state index contributed by atoms with van der Waals surface area (Å²) in [5.41, 5.74) is 0. The lowest BCUT2D eigenvalue weighted by Gasteiger charge is -2.08. The van der Waals surface area contributed by atoms with Gasteiger partial charge in [-0.2, -0.15) is 0 Å². The molecule has 0 radical (unpaired) electrons. The third-order valence-electron chi connectivity index (χ3n) is 2.47. The van der Waals surface area contributed by atoms with Crippen LogP contribution >= 0.6 is 11.8 Å². The number of aromatic nitrogens is 4. The molecule has 1 aromatic rings. The van der Waals surface area contributed by atoms with E-state index in [0.29, 0.717) is 19.3 Å². The van der Waals surface area contributed by atoms with E-state index in [1.807, 2.05) is 4.68 Å². The summed E-state index contributed by atoms with van der Waals surface area (Å²) in [5.74, 6) is 0.949. The van der Waals surface area contributed by atoms with Crippen molar-refractivity contribution >= 4 is 11.8 Å². The van der Waals surface area contributed by atoms with Gasteiger partial charge in [0.1, 0.15) is 0 Å². The maximum atomic E-state index is 5.41. The van der Waals surface area contributed by atoms with E-state index in [9.17, 15) is 0 Å². The second kappa shape index (κ2) is 11.0. The van der Waals surface area contributed by atoms with Crippen LogP contribution < -0.4 is 5.32 Å². The van der Waals surface area contributed by atoms with E-state index in [4.69, 9.17) is 9.47 Å². The SMILES string of the molecule is COCCOCCCSc1nnnn1CCNC(C)C. The van der Waals surface area contributed by atoms with E-state index in [0.717, 1.165) is 37.0 Å². The van der Waals surface area contributed by atoms with Crippen LogP contribution in [-0.4, -0.2) is 65.5 Å². The van der Waals surface area contributed by atoms with Crippen LogP contribution in [0.5, 0.6) is 0 Å². The van der Waals surface area contributed by atoms with Crippen molar-refractivity contribution in [1.82, 2.24) is 25.5 Å². The molecule has 1 heterocycles. The van der Waals surface area contributed by atoms with Gasteiger partial charge in [0, 0.05) is 32.1 Å². The zero-order valence-corrected chi connectivity index (χ0v) is 13.4. The van der Waals surface area contributed by atoms with Gasteiger partial charge >= 0.3 is 0 Å². The van der Waals surface area contributed by atoms with E-state index in [1.165, 1.54) is 0 Å². The molecule has 0 fully saturated rings. The Morgan fingerprint density at radius 1 is 1.30 bits per heavy atom. The molecule has 1 rings (SSSR count). The number of tetrazole rings is 1. The second-order valence-electron chi connectivity index (χ2n) is 4.60. The summed E-state index contributed by atoms with van der Waals surface area (Å²) >= 11 is 1.66. The molecule has 0 bridgehead atoms. The van der Waals surface area contributed by atoms with Gasteiger partial charge in [-0.05, 0) is 16.8 Å². The average Bonchev–Trinajstić information content (AvgIpc) is 2.85. The average molecular weight is 303 g/mol. The summed E-state index contributed by atoms with van der Waals surface area (Å²) in [6.45, 7) is 7.95. The Balaban J connectivity index is 2.12. The van der Waals surface area contributed by atoms with E-state index in [2.05, 4.69) is 34.7 Å². The molecule has 8 heteroatoms. The van der Waals surface area contributed by atoms with Crippen LogP contribution in [0.3, 0.4) is 0 Å². The molecule has 0 saturated heterocycles. The van der Waals surface area contributed by atoms with Crippen LogP contribution in [0.15, 0.2) is 5.16 Å². The zero-order valence-electron chi connectivity index (χ0n) is 12.5. The number of rotatable bonds is 12. The monoisotopic (exact) mass is 303 g/mol.